The molecule has 1 rings (SSSR count). The molecule has 0 aromatic rings. The van der Waals surface area contributed by atoms with Crippen molar-refractivity contribution in [3.8, 4) is 0 Å². The van der Waals surface area contributed by atoms with Crippen molar-refractivity contribution < 1.29 is 9.90 Å². The largest absolute Gasteiger partial charge is 0.465 e. The van der Waals surface area contributed by atoms with Gasteiger partial charge in [-0.1, -0.05) is 0 Å². The van der Waals surface area contributed by atoms with Crippen LogP contribution in [-0.4, -0.2) is 28.8 Å². The highest BCUT2D eigenvalue weighted by atomic mass is 16.4. The lowest BCUT2D eigenvalue weighted by molar-refractivity contribution is 0.123. The third-order valence-electron chi connectivity index (χ3n) is 3.10. The smallest absolute Gasteiger partial charge is 0.404 e. The van der Waals surface area contributed by atoms with E-state index in [1.165, 1.54) is 0 Å². The Morgan fingerprint density at radius 2 is 1.81 bits per heavy atom. The van der Waals surface area contributed by atoms with Gasteiger partial charge >= 0.3 is 6.09 Å². The summed E-state index contributed by atoms with van der Waals surface area (Å²) in [5.74, 6) is 0.595. The fraction of sp³-hybridized carbons (Fsp3) is 0.917. The molecule has 1 saturated heterocycles. The van der Waals surface area contributed by atoms with E-state index in [9.17, 15) is 4.79 Å². The van der Waals surface area contributed by atoms with Gasteiger partial charge in [0.05, 0.1) is 0 Å². The van der Waals surface area contributed by atoms with Crippen LogP contribution in [0.25, 0.3) is 0 Å². The lowest BCUT2D eigenvalue weighted by Gasteiger charge is -2.46. The lowest BCUT2D eigenvalue weighted by Crippen LogP contribution is -2.58. The molecular formula is C12H24N2O2. The van der Waals surface area contributed by atoms with Gasteiger partial charge in [-0.25, -0.2) is 4.79 Å². The van der Waals surface area contributed by atoms with Crippen LogP contribution in [0.2, 0.25) is 0 Å². The first-order valence-corrected chi connectivity index (χ1v) is 5.96. The van der Waals surface area contributed by atoms with E-state index in [0.717, 1.165) is 19.3 Å². The van der Waals surface area contributed by atoms with Crippen molar-refractivity contribution in [2.24, 2.45) is 5.92 Å². The van der Waals surface area contributed by atoms with Gasteiger partial charge in [-0.05, 0) is 52.9 Å². The van der Waals surface area contributed by atoms with E-state index in [1.54, 1.807) is 0 Å². The minimum absolute atomic E-state index is 0.148. The maximum atomic E-state index is 10.4. The zero-order chi connectivity index (χ0) is 12.4. The summed E-state index contributed by atoms with van der Waals surface area (Å²) in [5.41, 5.74) is 0.297. The molecule has 4 nitrogen and oxygen atoms in total. The summed E-state index contributed by atoms with van der Waals surface area (Å²) in [7, 11) is 0. The second kappa shape index (κ2) is 4.62. The van der Waals surface area contributed by atoms with E-state index in [2.05, 4.69) is 38.3 Å². The summed E-state index contributed by atoms with van der Waals surface area (Å²) in [4.78, 5) is 10.4. The topological polar surface area (TPSA) is 61.4 Å². The van der Waals surface area contributed by atoms with Crippen molar-refractivity contribution in [1.29, 1.82) is 0 Å². The molecule has 1 aliphatic rings. The number of amides is 1. The first kappa shape index (κ1) is 13.3. The third kappa shape index (κ3) is 4.39. The summed E-state index contributed by atoms with van der Waals surface area (Å²) in [6.07, 6.45) is 2.23. The van der Waals surface area contributed by atoms with Crippen LogP contribution >= 0.6 is 0 Å². The number of nitrogens with one attached hydrogen (secondary N) is 2. The van der Waals surface area contributed by atoms with Crippen LogP contribution in [0.15, 0.2) is 0 Å². The Balaban J connectivity index is 2.45. The van der Waals surface area contributed by atoms with Crippen LogP contribution in [0.5, 0.6) is 0 Å². The standard InChI is InChI=1S/C12H24N2O2/c1-11(2)7-9(5-6-13-10(15)16)8-12(3,4)14-11/h9,13-14H,5-8H2,1-4H3,(H,15,16). The number of piperidine rings is 1. The zero-order valence-electron chi connectivity index (χ0n) is 10.8. The molecule has 94 valence electrons. The highest BCUT2D eigenvalue weighted by Gasteiger charge is 2.37. The Bertz CT molecular complexity index is 246. The van der Waals surface area contributed by atoms with Gasteiger partial charge in [0, 0.05) is 17.6 Å². The molecular weight excluding hydrogens is 204 g/mol. The van der Waals surface area contributed by atoms with Crippen LogP contribution < -0.4 is 10.6 Å². The number of carboxylic acid groups (broad SMARTS) is 1. The van der Waals surface area contributed by atoms with Gasteiger partial charge in [0.25, 0.3) is 0 Å². The van der Waals surface area contributed by atoms with Gasteiger partial charge in [-0.3, -0.25) is 0 Å². The maximum absolute atomic E-state index is 10.4. The van der Waals surface area contributed by atoms with Gasteiger partial charge in [0.1, 0.15) is 0 Å². The van der Waals surface area contributed by atoms with E-state index >= 15 is 0 Å². The summed E-state index contributed by atoms with van der Waals surface area (Å²) in [5, 5.41) is 14.6. The molecule has 0 atom stereocenters. The van der Waals surface area contributed by atoms with E-state index < -0.39 is 6.09 Å². The van der Waals surface area contributed by atoms with Gasteiger partial charge in [0.15, 0.2) is 0 Å². The minimum atomic E-state index is -0.924. The van der Waals surface area contributed by atoms with Gasteiger partial charge in [-0.2, -0.15) is 0 Å². The van der Waals surface area contributed by atoms with Crippen molar-refractivity contribution in [1.82, 2.24) is 10.6 Å². The Labute approximate surface area is 97.8 Å². The summed E-state index contributed by atoms with van der Waals surface area (Å²) < 4.78 is 0. The highest BCUT2D eigenvalue weighted by Crippen LogP contribution is 2.34. The normalized spacial score (nSPS) is 24.0. The monoisotopic (exact) mass is 228 g/mol. The fourth-order valence-corrected chi connectivity index (χ4v) is 3.12. The van der Waals surface area contributed by atoms with Crippen molar-refractivity contribution in [2.75, 3.05) is 6.54 Å². The van der Waals surface area contributed by atoms with E-state index in [1.807, 2.05) is 0 Å². The Morgan fingerprint density at radius 1 is 1.31 bits per heavy atom. The predicted octanol–water partition coefficient (Wildman–Crippen LogP) is 2.20. The Hall–Kier alpha value is -0.770. The first-order chi connectivity index (χ1) is 7.20. The zero-order valence-corrected chi connectivity index (χ0v) is 10.8. The molecule has 0 aliphatic carbocycles. The van der Waals surface area contributed by atoms with Crippen LogP contribution in [0, 0.1) is 5.92 Å². The second-order valence-corrected chi connectivity index (χ2v) is 6.19. The molecule has 0 bridgehead atoms. The SMILES string of the molecule is CC1(C)CC(CCNC(=O)O)CC(C)(C)N1. The number of hydrogen-bond acceptors (Lipinski definition) is 2. The molecule has 1 heterocycles. The molecule has 0 aromatic heterocycles. The molecule has 1 amide bonds. The van der Waals surface area contributed by atoms with Crippen molar-refractivity contribution in [2.45, 2.75) is 58.0 Å². The summed E-state index contributed by atoms with van der Waals surface area (Å²) in [6, 6.07) is 0. The van der Waals surface area contributed by atoms with Gasteiger partial charge in [0.2, 0.25) is 0 Å². The maximum Gasteiger partial charge on any atom is 0.404 e. The van der Waals surface area contributed by atoms with E-state index in [0.29, 0.717) is 12.5 Å². The molecule has 4 heteroatoms. The number of carbonyl (C=O) groups is 1. The second-order valence-electron chi connectivity index (χ2n) is 6.19. The molecule has 3 N–H and O–H groups in total. The molecule has 1 aliphatic heterocycles. The van der Waals surface area contributed by atoms with Crippen LogP contribution in [-0.2, 0) is 0 Å². The predicted molar refractivity (Wildman–Crippen MR) is 64.7 cm³/mol. The Morgan fingerprint density at radius 3 is 2.25 bits per heavy atom. The molecule has 0 aromatic carbocycles. The van der Waals surface area contributed by atoms with Crippen molar-refractivity contribution in [3.63, 3.8) is 0 Å². The number of rotatable bonds is 3. The average molecular weight is 228 g/mol. The summed E-state index contributed by atoms with van der Waals surface area (Å²) in [6.45, 7) is 9.42. The first-order valence-electron chi connectivity index (χ1n) is 5.96. The van der Waals surface area contributed by atoms with Crippen molar-refractivity contribution in [3.05, 3.63) is 0 Å². The quantitative estimate of drug-likeness (QED) is 0.694. The third-order valence-corrected chi connectivity index (χ3v) is 3.10. The van der Waals surface area contributed by atoms with E-state index in [-0.39, 0.29) is 11.1 Å². The van der Waals surface area contributed by atoms with Gasteiger partial charge < -0.3 is 15.7 Å². The Kier molecular flexibility index (Phi) is 3.84. The average Bonchev–Trinajstić information content (AvgIpc) is 1.96. The van der Waals surface area contributed by atoms with Crippen LogP contribution in [0.4, 0.5) is 4.79 Å². The fourth-order valence-electron chi connectivity index (χ4n) is 3.12. The highest BCUT2D eigenvalue weighted by molar-refractivity contribution is 5.64. The lowest BCUT2D eigenvalue weighted by atomic mass is 9.75. The van der Waals surface area contributed by atoms with Crippen LogP contribution in [0.3, 0.4) is 0 Å². The molecule has 0 unspecified atom stereocenters. The molecule has 0 saturated carbocycles. The summed E-state index contributed by atoms with van der Waals surface area (Å²) >= 11 is 0. The molecule has 1 fully saturated rings. The van der Waals surface area contributed by atoms with Crippen molar-refractivity contribution >= 4 is 6.09 Å². The van der Waals surface area contributed by atoms with E-state index in [4.69, 9.17) is 5.11 Å². The molecule has 16 heavy (non-hydrogen) atoms. The molecule has 0 spiro atoms. The minimum Gasteiger partial charge on any atom is -0.465 e. The molecule has 0 radical (unpaired) electrons. The van der Waals surface area contributed by atoms with Gasteiger partial charge in [-0.15, -0.1) is 0 Å². The number of hydrogen-bond donors (Lipinski definition) is 3. The van der Waals surface area contributed by atoms with Crippen LogP contribution in [0.1, 0.15) is 47.0 Å².